The Kier molecular flexibility index (Phi) is 5.71. The van der Waals surface area contributed by atoms with E-state index in [9.17, 15) is 13.2 Å². The third-order valence-electron chi connectivity index (χ3n) is 6.03. The quantitative estimate of drug-likeness (QED) is 0.547. The number of aromatic nitrogens is 1. The Morgan fingerprint density at radius 2 is 1.87 bits per heavy atom. The average Bonchev–Trinajstić information content (AvgIpc) is 3.54. The van der Waals surface area contributed by atoms with Gasteiger partial charge in [0.05, 0.1) is 15.7 Å². The molecule has 1 aliphatic carbocycles. The molecule has 1 saturated carbocycles. The van der Waals surface area contributed by atoms with Gasteiger partial charge in [0.15, 0.2) is 9.84 Å². The molecular formula is C23H24N2O3S3. The zero-order valence-electron chi connectivity index (χ0n) is 17.0. The first-order chi connectivity index (χ1) is 15.0. The molecule has 31 heavy (non-hydrogen) atoms. The van der Waals surface area contributed by atoms with E-state index in [1.165, 1.54) is 4.88 Å². The van der Waals surface area contributed by atoms with Gasteiger partial charge in [-0.15, -0.1) is 11.3 Å². The Labute approximate surface area is 190 Å². The van der Waals surface area contributed by atoms with Crippen molar-refractivity contribution in [2.24, 2.45) is 0 Å². The summed E-state index contributed by atoms with van der Waals surface area (Å²) < 4.78 is 28.0. The average molecular weight is 473 g/mol. The fourth-order valence-electron chi connectivity index (χ4n) is 4.44. The van der Waals surface area contributed by atoms with Gasteiger partial charge >= 0.3 is 0 Å². The monoisotopic (exact) mass is 472 g/mol. The lowest BCUT2D eigenvalue weighted by Gasteiger charge is -2.15. The van der Waals surface area contributed by atoms with Crippen LogP contribution in [0.5, 0.6) is 0 Å². The maximum atomic E-state index is 13.4. The first kappa shape index (κ1) is 20.8. The minimum atomic E-state index is -3.36. The summed E-state index contributed by atoms with van der Waals surface area (Å²) in [5.41, 5.74) is 2.35. The van der Waals surface area contributed by atoms with Crippen molar-refractivity contribution in [2.75, 3.05) is 11.1 Å². The van der Waals surface area contributed by atoms with Gasteiger partial charge in [-0.2, -0.15) is 11.8 Å². The molecule has 8 heteroatoms. The van der Waals surface area contributed by atoms with Gasteiger partial charge in [0, 0.05) is 28.7 Å². The predicted molar refractivity (Wildman–Crippen MR) is 127 cm³/mol. The van der Waals surface area contributed by atoms with Crippen molar-refractivity contribution in [1.82, 2.24) is 4.57 Å². The minimum absolute atomic E-state index is 0.177. The second-order valence-corrected chi connectivity index (χ2v) is 12.4. The van der Waals surface area contributed by atoms with E-state index in [4.69, 9.17) is 0 Å². The van der Waals surface area contributed by atoms with E-state index < -0.39 is 9.84 Å². The molecule has 3 heterocycles. The number of anilines is 1. The van der Waals surface area contributed by atoms with Gasteiger partial charge in [0.2, 0.25) is 0 Å². The normalized spacial score (nSPS) is 16.9. The maximum Gasteiger partial charge on any atom is 0.258 e. The molecule has 2 aromatic heterocycles. The van der Waals surface area contributed by atoms with E-state index in [0.29, 0.717) is 16.1 Å². The first-order valence-electron chi connectivity index (χ1n) is 10.5. The molecule has 0 bridgehead atoms. The molecule has 1 amide bonds. The Morgan fingerprint density at radius 1 is 1.10 bits per heavy atom. The number of nitrogens with zero attached hydrogens (tertiary/aromatic N) is 1. The number of hydrogen-bond acceptors (Lipinski definition) is 5. The van der Waals surface area contributed by atoms with Crippen LogP contribution < -0.4 is 5.32 Å². The summed E-state index contributed by atoms with van der Waals surface area (Å²) in [5.74, 6) is 1.75. The van der Waals surface area contributed by atoms with Crippen LogP contribution in [0.15, 0.2) is 53.7 Å². The van der Waals surface area contributed by atoms with Crippen molar-refractivity contribution in [3.63, 3.8) is 0 Å². The summed E-state index contributed by atoms with van der Waals surface area (Å²) in [6, 6.07) is 10.6. The molecule has 5 rings (SSSR count). The van der Waals surface area contributed by atoms with Crippen LogP contribution in [0.1, 0.15) is 46.5 Å². The molecule has 0 atom stereocenters. The summed E-state index contributed by atoms with van der Waals surface area (Å²) in [7, 11) is -3.36. The standard InChI is InChI=1S/C23H24N2O3S3/c26-22(21-19-10-13-29-15-20(19)30-23(21)25-11-3-4-12-25)24-16-6-5-9-18(14-16)31(27,28)17-7-1-2-8-17/h3-6,9,11-12,14,17H,1-2,7-8,10,13,15H2,(H,24,26). The number of carbonyl (C=O) groups is 1. The molecule has 0 unspecified atom stereocenters. The lowest BCUT2D eigenvalue weighted by Crippen LogP contribution is -2.19. The predicted octanol–water partition coefficient (Wildman–Crippen LogP) is 5.30. The fraction of sp³-hybridized carbons (Fsp3) is 0.348. The molecule has 1 fully saturated rings. The van der Waals surface area contributed by atoms with E-state index in [1.54, 1.807) is 35.6 Å². The van der Waals surface area contributed by atoms with Crippen molar-refractivity contribution in [3.8, 4) is 5.00 Å². The van der Waals surface area contributed by atoms with Gasteiger partial charge in [-0.1, -0.05) is 18.9 Å². The molecule has 162 valence electrons. The maximum absolute atomic E-state index is 13.4. The molecule has 1 N–H and O–H groups in total. The highest BCUT2D eigenvalue weighted by molar-refractivity contribution is 7.98. The number of fused-ring (bicyclic) bond motifs is 1. The van der Waals surface area contributed by atoms with Gasteiger partial charge < -0.3 is 9.88 Å². The Morgan fingerprint density at radius 3 is 2.65 bits per heavy atom. The number of benzene rings is 1. The molecule has 5 nitrogen and oxygen atoms in total. The molecule has 3 aromatic rings. The number of carbonyl (C=O) groups excluding carboxylic acids is 1. The lowest BCUT2D eigenvalue weighted by molar-refractivity contribution is 0.102. The van der Waals surface area contributed by atoms with Gasteiger partial charge in [-0.25, -0.2) is 8.42 Å². The second-order valence-electron chi connectivity index (χ2n) is 8.01. The SMILES string of the molecule is O=C(Nc1cccc(S(=O)(=O)C2CCCC2)c1)c1c(-n2cccc2)sc2c1CCSC2. The topological polar surface area (TPSA) is 68.2 Å². The number of hydrogen-bond donors (Lipinski definition) is 1. The summed E-state index contributed by atoms with van der Waals surface area (Å²) >= 11 is 3.56. The highest BCUT2D eigenvalue weighted by Crippen LogP contribution is 2.39. The van der Waals surface area contributed by atoms with E-state index in [1.807, 2.05) is 40.9 Å². The highest BCUT2D eigenvalue weighted by Gasteiger charge is 2.31. The van der Waals surface area contributed by atoms with Gasteiger partial charge in [0.1, 0.15) is 5.00 Å². The molecule has 1 aliphatic heterocycles. The van der Waals surface area contributed by atoms with E-state index in [0.717, 1.165) is 54.2 Å². The number of amides is 1. The molecule has 2 aliphatic rings. The summed E-state index contributed by atoms with van der Waals surface area (Å²) in [4.78, 5) is 15.0. The lowest BCUT2D eigenvalue weighted by atomic mass is 10.1. The third-order valence-corrected chi connectivity index (χ3v) is 10.7. The fourth-order valence-corrected chi connectivity index (χ4v) is 8.78. The summed E-state index contributed by atoms with van der Waals surface area (Å²) in [6.07, 6.45) is 8.15. The Hall–Kier alpha value is -2.03. The highest BCUT2D eigenvalue weighted by atomic mass is 32.2. The van der Waals surface area contributed by atoms with Crippen molar-refractivity contribution in [3.05, 3.63) is 64.8 Å². The smallest absolute Gasteiger partial charge is 0.258 e. The second kappa shape index (κ2) is 8.48. The summed E-state index contributed by atoms with van der Waals surface area (Å²) in [5, 5.41) is 3.60. The summed E-state index contributed by atoms with van der Waals surface area (Å²) in [6.45, 7) is 0. The van der Waals surface area contributed by atoms with Crippen LogP contribution in [0.4, 0.5) is 5.69 Å². The van der Waals surface area contributed by atoms with Crippen LogP contribution >= 0.6 is 23.1 Å². The van der Waals surface area contributed by atoms with Crippen LogP contribution in [-0.2, 0) is 22.0 Å². The van der Waals surface area contributed by atoms with Crippen molar-refractivity contribution in [1.29, 1.82) is 0 Å². The van der Waals surface area contributed by atoms with E-state index >= 15 is 0 Å². The number of thioether (sulfide) groups is 1. The van der Waals surface area contributed by atoms with Crippen LogP contribution in [0.2, 0.25) is 0 Å². The van der Waals surface area contributed by atoms with Gasteiger partial charge in [0.25, 0.3) is 5.91 Å². The zero-order valence-corrected chi connectivity index (χ0v) is 19.5. The number of rotatable bonds is 5. The van der Waals surface area contributed by atoms with Crippen LogP contribution in [0.3, 0.4) is 0 Å². The Bertz CT molecular complexity index is 1210. The van der Waals surface area contributed by atoms with Crippen LogP contribution in [0, 0.1) is 0 Å². The van der Waals surface area contributed by atoms with E-state index in [2.05, 4.69) is 5.32 Å². The van der Waals surface area contributed by atoms with Crippen molar-refractivity contribution < 1.29 is 13.2 Å². The minimum Gasteiger partial charge on any atom is -0.322 e. The molecular weight excluding hydrogens is 448 g/mol. The van der Waals surface area contributed by atoms with Gasteiger partial charge in [-0.05, 0) is 60.9 Å². The largest absolute Gasteiger partial charge is 0.322 e. The van der Waals surface area contributed by atoms with E-state index in [-0.39, 0.29) is 11.2 Å². The zero-order chi connectivity index (χ0) is 21.4. The van der Waals surface area contributed by atoms with Crippen LogP contribution in [-0.4, -0.2) is 29.9 Å². The number of sulfone groups is 1. The van der Waals surface area contributed by atoms with Gasteiger partial charge in [-0.3, -0.25) is 4.79 Å². The Balaban J connectivity index is 1.47. The molecule has 0 spiro atoms. The molecule has 0 radical (unpaired) electrons. The van der Waals surface area contributed by atoms with Crippen molar-refractivity contribution >= 4 is 44.5 Å². The van der Waals surface area contributed by atoms with Crippen molar-refractivity contribution in [2.45, 2.75) is 48.0 Å². The number of thiophene rings is 1. The third kappa shape index (κ3) is 3.97. The first-order valence-corrected chi connectivity index (χ1v) is 14.1. The number of nitrogens with one attached hydrogen (secondary N) is 1. The molecule has 0 saturated heterocycles. The van der Waals surface area contributed by atoms with Crippen LogP contribution in [0.25, 0.3) is 5.00 Å². The molecule has 1 aromatic carbocycles.